The fraction of sp³-hybridized carbons (Fsp3) is 0.125. The van der Waals surface area contributed by atoms with Crippen molar-refractivity contribution in [3.8, 4) is 5.69 Å². The number of carbonyl (C=O) groups excluding carboxylic acids is 2. The number of para-hydroxylation sites is 2. The zero-order valence-electron chi connectivity index (χ0n) is 18.1. The first-order valence-corrected chi connectivity index (χ1v) is 11.2. The van der Waals surface area contributed by atoms with Gasteiger partial charge in [-0.15, -0.1) is 5.10 Å². The van der Waals surface area contributed by atoms with Crippen LogP contribution in [0.2, 0.25) is 0 Å². The van der Waals surface area contributed by atoms with Gasteiger partial charge in [0.15, 0.2) is 0 Å². The van der Waals surface area contributed by atoms with Crippen molar-refractivity contribution < 1.29 is 9.59 Å². The first-order valence-electron chi connectivity index (χ1n) is 10.3. The van der Waals surface area contributed by atoms with Crippen LogP contribution in [0.1, 0.15) is 21.5 Å². The summed E-state index contributed by atoms with van der Waals surface area (Å²) in [6, 6.07) is 22.2. The maximum Gasteiger partial charge on any atom is 0.257 e. The van der Waals surface area contributed by atoms with Crippen molar-refractivity contribution in [1.82, 2.24) is 20.2 Å². The van der Waals surface area contributed by atoms with Gasteiger partial charge in [0.25, 0.3) is 5.91 Å². The third kappa shape index (κ3) is 5.45. The van der Waals surface area contributed by atoms with Gasteiger partial charge in [-0.05, 0) is 65.7 Å². The summed E-state index contributed by atoms with van der Waals surface area (Å²) in [7, 11) is 0. The van der Waals surface area contributed by atoms with Crippen molar-refractivity contribution in [2.75, 3.05) is 16.4 Å². The van der Waals surface area contributed by atoms with Crippen molar-refractivity contribution in [1.29, 1.82) is 0 Å². The highest BCUT2D eigenvalue weighted by molar-refractivity contribution is 7.99. The molecule has 4 aromatic rings. The Kier molecular flexibility index (Phi) is 6.80. The zero-order chi connectivity index (χ0) is 23.2. The summed E-state index contributed by atoms with van der Waals surface area (Å²) in [4.78, 5) is 25.5. The Balaban J connectivity index is 1.43. The highest BCUT2D eigenvalue weighted by atomic mass is 32.2. The molecule has 0 fully saturated rings. The van der Waals surface area contributed by atoms with Gasteiger partial charge in [-0.2, -0.15) is 4.68 Å². The maximum absolute atomic E-state index is 12.8. The van der Waals surface area contributed by atoms with Crippen molar-refractivity contribution in [2.24, 2.45) is 0 Å². The molecule has 0 bridgehead atoms. The zero-order valence-corrected chi connectivity index (χ0v) is 19.0. The predicted molar refractivity (Wildman–Crippen MR) is 129 cm³/mol. The molecule has 0 saturated carbocycles. The second-order valence-electron chi connectivity index (χ2n) is 7.37. The van der Waals surface area contributed by atoms with Crippen LogP contribution >= 0.6 is 11.8 Å². The third-order valence-corrected chi connectivity index (χ3v) is 5.76. The molecule has 0 aliphatic rings. The van der Waals surface area contributed by atoms with Crippen LogP contribution in [-0.2, 0) is 4.79 Å². The number of carbonyl (C=O) groups is 2. The summed E-state index contributed by atoms with van der Waals surface area (Å²) < 4.78 is 1.61. The quantitative estimate of drug-likeness (QED) is 0.401. The van der Waals surface area contributed by atoms with Crippen molar-refractivity contribution in [3.05, 3.63) is 89.5 Å². The molecule has 0 unspecified atom stereocenters. The van der Waals surface area contributed by atoms with Crippen LogP contribution in [0, 0.1) is 13.8 Å². The van der Waals surface area contributed by atoms with Gasteiger partial charge in [0, 0.05) is 5.69 Å². The van der Waals surface area contributed by atoms with E-state index >= 15 is 0 Å². The first-order chi connectivity index (χ1) is 16.0. The predicted octanol–water partition coefficient (Wildman–Crippen LogP) is 4.26. The molecule has 2 amide bonds. The van der Waals surface area contributed by atoms with Gasteiger partial charge in [0.1, 0.15) is 0 Å². The van der Waals surface area contributed by atoms with E-state index in [4.69, 9.17) is 0 Å². The monoisotopic (exact) mass is 458 g/mol. The molecule has 4 rings (SSSR count). The number of anilines is 2. The number of thioether (sulfide) groups is 1. The van der Waals surface area contributed by atoms with Crippen molar-refractivity contribution in [3.63, 3.8) is 0 Å². The minimum Gasteiger partial charge on any atom is -0.325 e. The van der Waals surface area contributed by atoms with Gasteiger partial charge in [-0.3, -0.25) is 9.59 Å². The van der Waals surface area contributed by atoms with Gasteiger partial charge in [0.05, 0.1) is 22.7 Å². The van der Waals surface area contributed by atoms with Gasteiger partial charge in [0.2, 0.25) is 11.1 Å². The molecule has 3 aromatic carbocycles. The van der Waals surface area contributed by atoms with E-state index in [2.05, 4.69) is 26.2 Å². The Morgan fingerprint density at radius 1 is 0.939 bits per heavy atom. The van der Waals surface area contributed by atoms with Crippen LogP contribution in [0.5, 0.6) is 0 Å². The molecule has 1 heterocycles. The molecular formula is C24H22N6O2S. The molecule has 0 radical (unpaired) electrons. The number of aryl methyl sites for hydroxylation is 2. The molecule has 0 aliphatic heterocycles. The van der Waals surface area contributed by atoms with Crippen LogP contribution in [0.3, 0.4) is 0 Å². The smallest absolute Gasteiger partial charge is 0.257 e. The van der Waals surface area contributed by atoms with Gasteiger partial charge >= 0.3 is 0 Å². The van der Waals surface area contributed by atoms with Crippen molar-refractivity contribution >= 4 is 35.0 Å². The molecular weight excluding hydrogens is 436 g/mol. The molecule has 166 valence electrons. The highest BCUT2D eigenvalue weighted by Crippen LogP contribution is 2.22. The fourth-order valence-corrected chi connectivity index (χ4v) is 3.93. The Bertz CT molecular complexity index is 1300. The van der Waals surface area contributed by atoms with Crippen LogP contribution in [0.4, 0.5) is 11.4 Å². The van der Waals surface area contributed by atoms with E-state index in [1.54, 1.807) is 28.9 Å². The SMILES string of the molecule is Cc1cccc(NC(=O)c2ccccc2NC(=O)CSc2nnnn2-c2ccccc2C)c1. The average Bonchev–Trinajstić information content (AvgIpc) is 3.27. The lowest BCUT2D eigenvalue weighted by molar-refractivity contribution is -0.113. The highest BCUT2D eigenvalue weighted by Gasteiger charge is 2.16. The molecule has 0 saturated heterocycles. The normalized spacial score (nSPS) is 10.6. The summed E-state index contributed by atoms with van der Waals surface area (Å²) in [6.07, 6.45) is 0. The van der Waals surface area contributed by atoms with E-state index in [1.807, 2.05) is 62.4 Å². The first kappa shape index (κ1) is 22.2. The summed E-state index contributed by atoms with van der Waals surface area (Å²) >= 11 is 1.22. The maximum atomic E-state index is 12.8. The Morgan fingerprint density at radius 3 is 2.55 bits per heavy atom. The van der Waals surface area contributed by atoms with E-state index in [0.717, 1.165) is 16.8 Å². The lowest BCUT2D eigenvalue weighted by atomic mass is 10.1. The fourth-order valence-electron chi connectivity index (χ4n) is 3.25. The van der Waals surface area contributed by atoms with E-state index in [9.17, 15) is 9.59 Å². The average molecular weight is 459 g/mol. The Morgan fingerprint density at radius 2 is 1.73 bits per heavy atom. The number of aromatic nitrogens is 4. The van der Waals surface area contributed by atoms with Crippen molar-refractivity contribution in [2.45, 2.75) is 19.0 Å². The number of tetrazole rings is 1. The summed E-state index contributed by atoms with van der Waals surface area (Å²) in [6.45, 7) is 3.92. The molecule has 1 aromatic heterocycles. The van der Waals surface area contributed by atoms with Crippen LogP contribution in [0.15, 0.2) is 78.0 Å². The lowest BCUT2D eigenvalue weighted by Crippen LogP contribution is -2.19. The minimum atomic E-state index is -0.298. The van der Waals surface area contributed by atoms with E-state index in [1.165, 1.54) is 11.8 Å². The molecule has 0 spiro atoms. The standard InChI is InChI=1S/C24H22N6O2S/c1-16-8-7-10-18(14-16)25-23(32)19-11-4-5-12-20(19)26-22(31)15-33-24-27-28-29-30(24)21-13-6-3-9-17(21)2/h3-14H,15H2,1-2H3,(H,25,32)(H,26,31). The summed E-state index contributed by atoms with van der Waals surface area (Å²) in [5, 5.41) is 18.0. The number of nitrogens with zero attached hydrogens (tertiary/aromatic N) is 4. The van der Waals surface area contributed by atoms with E-state index in [-0.39, 0.29) is 17.6 Å². The molecule has 9 heteroatoms. The number of nitrogens with one attached hydrogen (secondary N) is 2. The lowest BCUT2D eigenvalue weighted by Gasteiger charge is -2.12. The largest absolute Gasteiger partial charge is 0.325 e. The number of rotatable bonds is 7. The summed E-state index contributed by atoms with van der Waals surface area (Å²) in [5.74, 6) is -0.483. The summed E-state index contributed by atoms with van der Waals surface area (Å²) in [5.41, 5.74) is 4.42. The molecule has 0 atom stereocenters. The Labute approximate surface area is 195 Å². The number of benzene rings is 3. The Hall–Kier alpha value is -3.98. The van der Waals surface area contributed by atoms with Gasteiger partial charge in [-0.25, -0.2) is 0 Å². The number of hydrogen-bond donors (Lipinski definition) is 2. The molecule has 0 aliphatic carbocycles. The number of hydrogen-bond acceptors (Lipinski definition) is 6. The van der Waals surface area contributed by atoms with Gasteiger partial charge < -0.3 is 10.6 Å². The van der Waals surface area contributed by atoms with Crippen LogP contribution < -0.4 is 10.6 Å². The second kappa shape index (κ2) is 10.1. The minimum absolute atomic E-state index is 0.0834. The van der Waals surface area contributed by atoms with Crippen LogP contribution in [0.25, 0.3) is 5.69 Å². The molecule has 8 nitrogen and oxygen atoms in total. The topological polar surface area (TPSA) is 102 Å². The second-order valence-corrected chi connectivity index (χ2v) is 8.31. The van der Waals surface area contributed by atoms with Crippen LogP contribution in [-0.4, -0.2) is 37.8 Å². The van der Waals surface area contributed by atoms with E-state index < -0.39 is 0 Å². The van der Waals surface area contributed by atoms with E-state index in [0.29, 0.717) is 22.1 Å². The number of amides is 2. The molecule has 2 N–H and O–H groups in total. The molecule has 33 heavy (non-hydrogen) atoms. The van der Waals surface area contributed by atoms with Gasteiger partial charge in [-0.1, -0.05) is 54.2 Å². The third-order valence-electron chi connectivity index (χ3n) is 4.84.